The van der Waals surface area contributed by atoms with Gasteiger partial charge in [-0.15, -0.1) is 10.2 Å². The fourth-order valence-corrected chi connectivity index (χ4v) is 3.76. The van der Waals surface area contributed by atoms with Crippen molar-refractivity contribution in [3.05, 3.63) is 60.2 Å². The Morgan fingerprint density at radius 1 is 1.12 bits per heavy atom. The first-order valence-electron chi connectivity index (χ1n) is 7.80. The molecule has 0 saturated heterocycles. The van der Waals surface area contributed by atoms with E-state index < -0.39 is 0 Å². The number of benzene rings is 2. The number of rotatable bonds is 8. The van der Waals surface area contributed by atoms with E-state index in [9.17, 15) is 4.79 Å². The number of amides is 1. The normalized spacial score (nSPS) is 10.3. The van der Waals surface area contributed by atoms with Gasteiger partial charge in [-0.2, -0.15) is 0 Å². The molecule has 1 amide bonds. The van der Waals surface area contributed by atoms with Gasteiger partial charge in [-0.25, -0.2) is 0 Å². The maximum atomic E-state index is 11.9. The highest BCUT2D eigenvalue weighted by Crippen LogP contribution is 2.29. The van der Waals surface area contributed by atoms with Gasteiger partial charge in [0, 0.05) is 5.75 Å². The third-order valence-corrected chi connectivity index (χ3v) is 5.31. The zero-order valence-corrected chi connectivity index (χ0v) is 15.7. The summed E-state index contributed by atoms with van der Waals surface area (Å²) >= 11 is 2.89. The van der Waals surface area contributed by atoms with Crippen molar-refractivity contribution in [2.75, 3.05) is 19.0 Å². The summed E-state index contributed by atoms with van der Waals surface area (Å²) in [6.07, 6.45) is 0. The van der Waals surface area contributed by atoms with Crippen LogP contribution in [0, 0.1) is 0 Å². The third-order valence-electron chi connectivity index (χ3n) is 3.26. The van der Waals surface area contributed by atoms with Gasteiger partial charge in [0.2, 0.25) is 5.13 Å². The van der Waals surface area contributed by atoms with Crippen LogP contribution in [0.4, 0.5) is 5.13 Å². The van der Waals surface area contributed by atoms with E-state index in [1.54, 1.807) is 31.0 Å². The summed E-state index contributed by atoms with van der Waals surface area (Å²) in [4.78, 5) is 11.9. The van der Waals surface area contributed by atoms with Crippen molar-refractivity contribution >= 4 is 34.1 Å². The van der Waals surface area contributed by atoms with E-state index in [1.807, 2.05) is 42.5 Å². The summed E-state index contributed by atoms with van der Waals surface area (Å²) in [5.41, 5.74) is 1.13. The minimum atomic E-state index is -0.269. The van der Waals surface area contributed by atoms with Gasteiger partial charge in [0.25, 0.3) is 5.91 Å². The highest BCUT2D eigenvalue weighted by atomic mass is 32.2. The molecule has 0 aliphatic heterocycles. The van der Waals surface area contributed by atoms with E-state index in [0.717, 1.165) is 21.4 Å². The van der Waals surface area contributed by atoms with E-state index in [4.69, 9.17) is 9.47 Å². The minimum absolute atomic E-state index is 0.0735. The lowest BCUT2D eigenvalue weighted by Crippen LogP contribution is -2.20. The lowest BCUT2D eigenvalue weighted by Gasteiger charge is -2.04. The van der Waals surface area contributed by atoms with Crippen molar-refractivity contribution in [1.29, 1.82) is 0 Å². The first-order valence-corrected chi connectivity index (χ1v) is 9.60. The molecule has 26 heavy (non-hydrogen) atoms. The maximum Gasteiger partial charge on any atom is 0.264 e. The summed E-state index contributed by atoms with van der Waals surface area (Å²) in [5, 5.41) is 11.2. The number of methoxy groups -OCH3 is 1. The Hall–Kier alpha value is -2.58. The second-order valence-corrected chi connectivity index (χ2v) is 7.36. The molecule has 3 aromatic rings. The Bertz CT molecular complexity index is 856. The van der Waals surface area contributed by atoms with Crippen LogP contribution in [-0.4, -0.2) is 29.8 Å². The second kappa shape index (κ2) is 9.21. The highest BCUT2D eigenvalue weighted by Gasteiger charge is 2.10. The number of nitrogens with one attached hydrogen (secondary N) is 1. The molecule has 0 bridgehead atoms. The molecule has 134 valence electrons. The van der Waals surface area contributed by atoms with E-state index in [2.05, 4.69) is 15.5 Å². The second-order valence-electron chi connectivity index (χ2n) is 5.16. The van der Waals surface area contributed by atoms with Crippen LogP contribution in [0.25, 0.3) is 0 Å². The van der Waals surface area contributed by atoms with Crippen molar-refractivity contribution < 1.29 is 14.3 Å². The van der Waals surface area contributed by atoms with Crippen LogP contribution in [0.5, 0.6) is 11.5 Å². The molecule has 0 aliphatic rings. The van der Waals surface area contributed by atoms with E-state index in [-0.39, 0.29) is 12.5 Å². The summed E-state index contributed by atoms with van der Waals surface area (Å²) in [7, 11) is 1.65. The van der Waals surface area contributed by atoms with E-state index in [1.165, 1.54) is 11.3 Å². The fourth-order valence-electron chi connectivity index (χ4n) is 2.05. The Kier molecular flexibility index (Phi) is 6.45. The first-order chi connectivity index (χ1) is 12.7. The van der Waals surface area contributed by atoms with Gasteiger partial charge in [-0.3, -0.25) is 10.1 Å². The smallest absolute Gasteiger partial charge is 0.264 e. The summed E-state index contributed by atoms with van der Waals surface area (Å²) in [6.45, 7) is -0.0735. The molecule has 0 saturated carbocycles. The average molecular weight is 387 g/mol. The Morgan fingerprint density at radius 3 is 2.73 bits per heavy atom. The van der Waals surface area contributed by atoms with Crippen LogP contribution >= 0.6 is 23.1 Å². The molecule has 0 atom stereocenters. The topological polar surface area (TPSA) is 73.3 Å². The Morgan fingerprint density at radius 2 is 1.92 bits per heavy atom. The van der Waals surface area contributed by atoms with Gasteiger partial charge in [0.15, 0.2) is 10.9 Å². The molecule has 2 aromatic carbocycles. The molecule has 0 fully saturated rings. The number of anilines is 1. The van der Waals surface area contributed by atoms with Crippen molar-refractivity contribution in [3.63, 3.8) is 0 Å². The van der Waals surface area contributed by atoms with Crippen LogP contribution in [0.1, 0.15) is 5.56 Å². The molecule has 0 aliphatic carbocycles. The quantitative estimate of drug-likeness (QED) is 0.467. The predicted octanol–water partition coefficient (Wildman–Crippen LogP) is 3.86. The number of aromatic nitrogens is 2. The molecular formula is C18H17N3O3S2. The number of carbonyl (C=O) groups excluding carboxylic acids is 1. The van der Waals surface area contributed by atoms with Gasteiger partial charge in [-0.05, 0) is 29.8 Å². The summed E-state index contributed by atoms with van der Waals surface area (Å²) in [5.74, 6) is 1.95. The van der Waals surface area contributed by atoms with Crippen LogP contribution in [0.3, 0.4) is 0 Å². The van der Waals surface area contributed by atoms with Gasteiger partial charge >= 0.3 is 0 Å². The number of hydrogen-bond acceptors (Lipinski definition) is 7. The van der Waals surface area contributed by atoms with Crippen molar-refractivity contribution in [3.8, 4) is 11.5 Å². The third kappa shape index (κ3) is 5.47. The average Bonchev–Trinajstić information content (AvgIpc) is 3.13. The van der Waals surface area contributed by atoms with Crippen molar-refractivity contribution in [2.45, 2.75) is 10.1 Å². The molecule has 0 radical (unpaired) electrons. The molecular weight excluding hydrogens is 370 g/mol. The number of carbonyl (C=O) groups is 1. The van der Waals surface area contributed by atoms with Crippen LogP contribution in [0.2, 0.25) is 0 Å². The number of thioether (sulfide) groups is 1. The van der Waals surface area contributed by atoms with Gasteiger partial charge in [-0.1, -0.05) is 53.4 Å². The number of para-hydroxylation sites is 1. The molecule has 0 spiro atoms. The zero-order chi connectivity index (χ0) is 18.2. The number of nitrogens with zero attached hydrogens (tertiary/aromatic N) is 2. The highest BCUT2D eigenvalue weighted by molar-refractivity contribution is 8.00. The van der Waals surface area contributed by atoms with E-state index >= 15 is 0 Å². The molecule has 0 unspecified atom stereocenters. The van der Waals surface area contributed by atoms with Crippen LogP contribution in [-0.2, 0) is 10.5 Å². The first kappa shape index (κ1) is 18.2. The van der Waals surface area contributed by atoms with Crippen LogP contribution < -0.4 is 14.8 Å². The zero-order valence-electron chi connectivity index (χ0n) is 14.0. The van der Waals surface area contributed by atoms with Gasteiger partial charge < -0.3 is 9.47 Å². The molecule has 6 nitrogen and oxygen atoms in total. The fraction of sp³-hybridized carbons (Fsp3) is 0.167. The molecule has 3 rings (SSSR count). The standard InChI is InChI=1S/C18H17N3O3S2/c1-23-15-9-5-6-13(10-15)12-25-18-21-20-17(26-18)19-16(22)11-24-14-7-3-2-4-8-14/h2-10H,11-12H2,1H3,(H,19,20,22). The Labute approximate surface area is 159 Å². The summed E-state index contributed by atoms with van der Waals surface area (Å²) in [6, 6.07) is 17.1. The van der Waals surface area contributed by atoms with Crippen LogP contribution in [0.15, 0.2) is 58.9 Å². The van der Waals surface area contributed by atoms with E-state index in [0.29, 0.717) is 10.9 Å². The monoisotopic (exact) mass is 387 g/mol. The molecule has 1 N–H and O–H groups in total. The largest absolute Gasteiger partial charge is 0.497 e. The van der Waals surface area contributed by atoms with Crippen molar-refractivity contribution in [1.82, 2.24) is 10.2 Å². The van der Waals surface area contributed by atoms with Gasteiger partial charge in [0.1, 0.15) is 11.5 Å². The lowest BCUT2D eigenvalue weighted by molar-refractivity contribution is -0.118. The Balaban J connectivity index is 1.47. The molecule has 8 heteroatoms. The maximum absolute atomic E-state index is 11.9. The lowest BCUT2D eigenvalue weighted by atomic mass is 10.2. The summed E-state index contributed by atoms with van der Waals surface area (Å²) < 4.78 is 11.4. The number of ether oxygens (including phenoxy) is 2. The predicted molar refractivity (Wildman–Crippen MR) is 103 cm³/mol. The number of hydrogen-bond donors (Lipinski definition) is 1. The minimum Gasteiger partial charge on any atom is -0.497 e. The molecule has 1 heterocycles. The van der Waals surface area contributed by atoms with Gasteiger partial charge in [0.05, 0.1) is 7.11 Å². The molecule has 1 aromatic heterocycles. The van der Waals surface area contributed by atoms with Crippen molar-refractivity contribution in [2.24, 2.45) is 0 Å². The SMILES string of the molecule is COc1cccc(CSc2nnc(NC(=O)COc3ccccc3)s2)c1.